The Kier molecular flexibility index (Phi) is 2.94. The minimum Gasteiger partial charge on any atom is -0.388 e. The molecule has 0 aliphatic carbocycles. The second kappa shape index (κ2) is 4.10. The molecule has 0 aromatic heterocycles. The average molecular weight is 219 g/mol. The lowest BCUT2D eigenvalue weighted by atomic mass is 9.92. The molecular weight excluding hydrogens is 198 g/mol. The van der Waals surface area contributed by atoms with Gasteiger partial charge in [0.1, 0.15) is 0 Å². The van der Waals surface area contributed by atoms with Crippen molar-refractivity contribution < 1.29 is 5.11 Å². The third-order valence-corrected chi connectivity index (χ3v) is 3.74. The van der Waals surface area contributed by atoms with Crippen molar-refractivity contribution in [2.45, 2.75) is 32.8 Å². The molecule has 2 rings (SSSR count). The Bertz CT molecular complexity index is 371. The SMILES string of the molecule is CC(C)C(C)(O)CN1CCc2ccccc21. The van der Waals surface area contributed by atoms with Gasteiger partial charge in [-0.1, -0.05) is 32.0 Å². The van der Waals surface area contributed by atoms with Crippen LogP contribution in [-0.2, 0) is 6.42 Å². The largest absolute Gasteiger partial charge is 0.388 e. The third-order valence-electron chi connectivity index (χ3n) is 3.74. The first-order valence-electron chi connectivity index (χ1n) is 6.06. The summed E-state index contributed by atoms with van der Waals surface area (Å²) in [5.74, 6) is 0.278. The number of anilines is 1. The van der Waals surface area contributed by atoms with Crippen LogP contribution in [-0.4, -0.2) is 23.8 Å². The normalized spacial score (nSPS) is 18.7. The van der Waals surface area contributed by atoms with Crippen molar-refractivity contribution in [3.05, 3.63) is 29.8 Å². The summed E-state index contributed by atoms with van der Waals surface area (Å²) in [5, 5.41) is 10.3. The molecule has 2 heteroatoms. The van der Waals surface area contributed by atoms with Crippen LogP contribution in [0.3, 0.4) is 0 Å². The van der Waals surface area contributed by atoms with Gasteiger partial charge in [0.05, 0.1) is 5.60 Å². The summed E-state index contributed by atoms with van der Waals surface area (Å²) in [6.07, 6.45) is 1.10. The fraction of sp³-hybridized carbons (Fsp3) is 0.571. The smallest absolute Gasteiger partial charge is 0.0816 e. The van der Waals surface area contributed by atoms with Gasteiger partial charge in [0.15, 0.2) is 0 Å². The molecule has 88 valence electrons. The van der Waals surface area contributed by atoms with Gasteiger partial charge in [-0.2, -0.15) is 0 Å². The molecule has 0 spiro atoms. The van der Waals surface area contributed by atoms with E-state index in [0.717, 1.165) is 19.5 Å². The first-order chi connectivity index (χ1) is 7.50. The summed E-state index contributed by atoms with van der Waals surface area (Å²) in [6, 6.07) is 8.49. The van der Waals surface area contributed by atoms with E-state index in [1.807, 2.05) is 6.92 Å². The number of fused-ring (bicyclic) bond motifs is 1. The van der Waals surface area contributed by atoms with Crippen LogP contribution in [0.25, 0.3) is 0 Å². The third kappa shape index (κ3) is 2.07. The van der Waals surface area contributed by atoms with Crippen molar-refractivity contribution in [1.82, 2.24) is 0 Å². The maximum Gasteiger partial charge on any atom is 0.0816 e. The van der Waals surface area contributed by atoms with E-state index in [4.69, 9.17) is 0 Å². The van der Waals surface area contributed by atoms with E-state index in [9.17, 15) is 5.11 Å². The highest BCUT2D eigenvalue weighted by molar-refractivity contribution is 5.58. The summed E-state index contributed by atoms with van der Waals surface area (Å²) in [7, 11) is 0. The van der Waals surface area contributed by atoms with Crippen LogP contribution in [0.2, 0.25) is 0 Å². The van der Waals surface area contributed by atoms with E-state index < -0.39 is 5.60 Å². The summed E-state index contributed by atoms with van der Waals surface area (Å²) in [5.41, 5.74) is 2.09. The van der Waals surface area contributed by atoms with Gasteiger partial charge < -0.3 is 10.0 Å². The lowest BCUT2D eigenvalue weighted by Crippen LogP contribution is -2.44. The summed E-state index contributed by atoms with van der Waals surface area (Å²) >= 11 is 0. The van der Waals surface area contributed by atoms with Gasteiger partial charge in [0, 0.05) is 18.8 Å². The predicted molar refractivity (Wildman–Crippen MR) is 67.8 cm³/mol. The van der Waals surface area contributed by atoms with Gasteiger partial charge in [-0.25, -0.2) is 0 Å². The average Bonchev–Trinajstić information content (AvgIpc) is 2.61. The molecular formula is C14H21NO. The number of benzene rings is 1. The van der Waals surface area contributed by atoms with Crippen LogP contribution in [0.1, 0.15) is 26.3 Å². The van der Waals surface area contributed by atoms with E-state index in [2.05, 4.69) is 43.0 Å². The molecule has 1 atom stereocenters. The molecule has 1 heterocycles. The number of β-amino-alcohol motifs (C(OH)–C–C–N with tert-alkyl or cyclic N) is 1. The number of hydrogen-bond donors (Lipinski definition) is 1. The Labute approximate surface area is 97.9 Å². The summed E-state index contributed by atoms with van der Waals surface area (Å²) in [4.78, 5) is 2.30. The van der Waals surface area contributed by atoms with Crippen molar-refractivity contribution >= 4 is 5.69 Å². The zero-order valence-electron chi connectivity index (χ0n) is 10.4. The Morgan fingerprint density at radius 3 is 2.75 bits per heavy atom. The van der Waals surface area contributed by atoms with Crippen molar-refractivity contribution in [2.24, 2.45) is 5.92 Å². The van der Waals surface area contributed by atoms with E-state index >= 15 is 0 Å². The second-order valence-corrected chi connectivity index (χ2v) is 5.31. The van der Waals surface area contributed by atoms with E-state index in [-0.39, 0.29) is 5.92 Å². The first kappa shape index (κ1) is 11.5. The van der Waals surface area contributed by atoms with E-state index in [0.29, 0.717) is 0 Å². The number of hydrogen-bond acceptors (Lipinski definition) is 2. The molecule has 1 N–H and O–H groups in total. The number of aliphatic hydroxyl groups is 1. The van der Waals surface area contributed by atoms with Crippen LogP contribution in [0.4, 0.5) is 5.69 Å². The molecule has 0 fully saturated rings. The van der Waals surface area contributed by atoms with E-state index in [1.54, 1.807) is 0 Å². The number of rotatable bonds is 3. The van der Waals surface area contributed by atoms with Gasteiger partial charge in [-0.05, 0) is 30.9 Å². The zero-order valence-corrected chi connectivity index (χ0v) is 10.4. The summed E-state index contributed by atoms with van der Waals surface area (Å²) < 4.78 is 0. The van der Waals surface area contributed by atoms with Crippen LogP contribution >= 0.6 is 0 Å². The van der Waals surface area contributed by atoms with Gasteiger partial charge in [0.2, 0.25) is 0 Å². The molecule has 0 amide bonds. The Balaban J connectivity index is 2.15. The van der Waals surface area contributed by atoms with Crippen LogP contribution in [0, 0.1) is 5.92 Å². The van der Waals surface area contributed by atoms with Crippen molar-refractivity contribution in [3.8, 4) is 0 Å². The zero-order chi connectivity index (χ0) is 11.8. The topological polar surface area (TPSA) is 23.5 Å². The maximum absolute atomic E-state index is 10.3. The molecule has 16 heavy (non-hydrogen) atoms. The van der Waals surface area contributed by atoms with Crippen molar-refractivity contribution in [1.29, 1.82) is 0 Å². The minimum absolute atomic E-state index is 0.278. The number of para-hydroxylation sites is 1. The highest BCUT2D eigenvalue weighted by Gasteiger charge is 2.30. The van der Waals surface area contributed by atoms with Crippen LogP contribution in [0.5, 0.6) is 0 Å². The Morgan fingerprint density at radius 2 is 2.06 bits per heavy atom. The van der Waals surface area contributed by atoms with Crippen molar-refractivity contribution in [2.75, 3.05) is 18.0 Å². The van der Waals surface area contributed by atoms with Gasteiger partial charge >= 0.3 is 0 Å². The Hall–Kier alpha value is -1.02. The predicted octanol–water partition coefficient (Wildman–Crippen LogP) is 2.46. The molecule has 0 bridgehead atoms. The molecule has 0 radical (unpaired) electrons. The lowest BCUT2D eigenvalue weighted by molar-refractivity contribution is 0.0210. The fourth-order valence-electron chi connectivity index (χ4n) is 2.14. The van der Waals surface area contributed by atoms with Crippen LogP contribution < -0.4 is 4.90 Å². The molecule has 2 nitrogen and oxygen atoms in total. The van der Waals surface area contributed by atoms with Gasteiger partial charge in [-0.3, -0.25) is 0 Å². The highest BCUT2D eigenvalue weighted by Crippen LogP contribution is 2.30. The molecule has 1 aromatic carbocycles. The fourth-order valence-corrected chi connectivity index (χ4v) is 2.14. The molecule has 1 aliphatic rings. The number of nitrogens with zero attached hydrogens (tertiary/aromatic N) is 1. The molecule has 1 unspecified atom stereocenters. The second-order valence-electron chi connectivity index (χ2n) is 5.31. The first-order valence-corrected chi connectivity index (χ1v) is 6.06. The lowest BCUT2D eigenvalue weighted by Gasteiger charge is -2.33. The maximum atomic E-state index is 10.3. The minimum atomic E-state index is -0.614. The molecule has 1 aliphatic heterocycles. The standard InChI is InChI=1S/C14H21NO/c1-11(2)14(3,16)10-15-9-8-12-6-4-5-7-13(12)15/h4-7,11,16H,8-10H2,1-3H3. The van der Waals surface area contributed by atoms with Crippen molar-refractivity contribution in [3.63, 3.8) is 0 Å². The van der Waals surface area contributed by atoms with Crippen LogP contribution in [0.15, 0.2) is 24.3 Å². The molecule has 0 saturated heterocycles. The summed E-state index contributed by atoms with van der Waals surface area (Å²) in [6.45, 7) is 7.83. The molecule has 1 aromatic rings. The van der Waals surface area contributed by atoms with E-state index in [1.165, 1.54) is 11.3 Å². The quantitative estimate of drug-likeness (QED) is 0.844. The monoisotopic (exact) mass is 219 g/mol. The highest BCUT2D eigenvalue weighted by atomic mass is 16.3. The van der Waals surface area contributed by atoms with Gasteiger partial charge in [0.25, 0.3) is 0 Å². The van der Waals surface area contributed by atoms with Gasteiger partial charge in [-0.15, -0.1) is 0 Å². The molecule has 0 saturated carbocycles. The Morgan fingerprint density at radius 1 is 1.38 bits per heavy atom.